The number of hydrogen-bond donors (Lipinski definition) is 0. The SMILES string of the molecule is Cc1nc(-c2cccnc2)nc(Sc2nc3ccccc3n2C(F)F)c1C. The van der Waals surface area contributed by atoms with E-state index in [-0.39, 0.29) is 5.16 Å². The van der Waals surface area contributed by atoms with Gasteiger partial charge in [-0.3, -0.25) is 9.55 Å². The Morgan fingerprint density at radius 3 is 2.56 bits per heavy atom. The Hall–Kier alpha value is -2.87. The summed E-state index contributed by atoms with van der Waals surface area (Å²) in [5.74, 6) is 0.508. The zero-order chi connectivity index (χ0) is 19.0. The molecule has 3 aromatic heterocycles. The molecular formula is C19H15F2N5S. The van der Waals surface area contributed by atoms with Crippen molar-refractivity contribution in [1.29, 1.82) is 0 Å². The van der Waals surface area contributed by atoms with Crippen LogP contribution >= 0.6 is 11.8 Å². The second-order valence-corrected chi connectivity index (χ2v) is 6.89. The fourth-order valence-electron chi connectivity index (χ4n) is 2.70. The van der Waals surface area contributed by atoms with Gasteiger partial charge in [0.15, 0.2) is 11.0 Å². The Labute approximate surface area is 158 Å². The Balaban J connectivity index is 1.82. The van der Waals surface area contributed by atoms with Crippen molar-refractivity contribution in [2.75, 3.05) is 0 Å². The highest BCUT2D eigenvalue weighted by atomic mass is 32.2. The molecule has 0 aliphatic carbocycles. The highest BCUT2D eigenvalue weighted by Gasteiger charge is 2.20. The van der Waals surface area contributed by atoms with Crippen LogP contribution in [0.25, 0.3) is 22.4 Å². The summed E-state index contributed by atoms with van der Waals surface area (Å²) in [7, 11) is 0. The van der Waals surface area contributed by atoms with Crippen LogP contribution in [0.4, 0.5) is 8.78 Å². The van der Waals surface area contributed by atoms with Gasteiger partial charge in [0.1, 0.15) is 5.03 Å². The summed E-state index contributed by atoms with van der Waals surface area (Å²) in [6, 6.07) is 10.5. The maximum absolute atomic E-state index is 13.7. The molecule has 0 spiro atoms. The van der Waals surface area contributed by atoms with Crippen molar-refractivity contribution >= 4 is 22.8 Å². The van der Waals surface area contributed by atoms with E-state index in [2.05, 4.69) is 19.9 Å². The first-order valence-electron chi connectivity index (χ1n) is 8.23. The maximum atomic E-state index is 13.7. The van der Waals surface area contributed by atoms with E-state index in [1.54, 1.807) is 42.7 Å². The average Bonchev–Trinajstić information content (AvgIpc) is 3.04. The van der Waals surface area contributed by atoms with Gasteiger partial charge in [0.25, 0.3) is 0 Å². The lowest BCUT2D eigenvalue weighted by Gasteiger charge is -2.11. The molecule has 0 radical (unpaired) electrons. The third-order valence-corrected chi connectivity index (χ3v) is 5.27. The predicted octanol–water partition coefficient (Wildman–Crippen LogP) is 5.05. The number of benzene rings is 1. The number of imidazole rings is 1. The van der Waals surface area contributed by atoms with Crippen molar-refractivity contribution in [3.63, 3.8) is 0 Å². The predicted molar refractivity (Wildman–Crippen MR) is 99.8 cm³/mol. The number of para-hydroxylation sites is 2. The largest absolute Gasteiger partial charge is 0.321 e. The molecular weight excluding hydrogens is 368 g/mol. The van der Waals surface area contributed by atoms with E-state index in [0.29, 0.717) is 21.9 Å². The molecule has 1 aromatic carbocycles. The molecule has 5 nitrogen and oxygen atoms in total. The minimum atomic E-state index is -2.69. The van der Waals surface area contributed by atoms with E-state index in [1.165, 1.54) is 0 Å². The summed E-state index contributed by atoms with van der Waals surface area (Å²) < 4.78 is 28.3. The van der Waals surface area contributed by atoms with Gasteiger partial charge in [-0.2, -0.15) is 8.78 Å². The lowest BCUT2D eigenvalue weighted by atomic mass is 10.2. The quantitative estimate of drug-likeness (QED) is 0.462. The summed E-state index contributed by atoms with van der Waals surface area (Å²) >= 11 is 1.12. The fraction of sp³-hybridized carbons (Fsp3) is 0.158. The molecule has 0 aliphatic heterocycles. The number of aryl methyl sites for hydroxylation is 1. The second kappa shape index (κ2) is 7.03. The van der Waals surface area contributed by atoms with E-state index >= 15 is 0 Å². The van der Waals surface area contributed by atoms with Crippen LogP contribution in [-0.4, -0.2) is 24.5 Å². The van der Waals surface area contributed by atoms with Crippen LogP contribution in [0.1, 0.15) is 17.8 Å². The van der Waals surface area contributed by atoms with Crippen molar-refractivity contribution in [3.8, 4) is 11.4 Å². The van der Waals surface area contributed by atoms with Crippen LogP contribution in [-0.2, 0) is 0 Å². The monoisotopic (exact) mass is 383 g/mol. The number of fused-ring (bicyclic) bond motifs is 1. The van der Waals surface area contributed by atoms with Crippen molar-refractivity contribution in [2.24, 2.45) is 0 Å². The van der Waals surface area contributed by atoms with Crippen molar-refractivity contribution in [1.82, 2.24) is 24.5 Å². The first kappa shape index (κ1) is 17.5. The average molecular weight is 383 g/mol. The van der Waals surface area contributed by atoms with Crippen LogP contribution in [0, 0.1) is 13.8 Å². The molecule has 0 aliphatic rings. The van der Waals surface area contributed by atoms with Crippen LogP contribution in [0.15, 0.2) is 59.0 Å². The standard InChI is InChI=1S/C19H15F2N5S/c1-11-12(2)23-16(13-6-5-9-22-10-13)25-17(11)27-19-24-14-7-3-4-8-15(14)26(19)18(20)21/h3-10,18H,1-2H3. The Morgan fingerprint density at radius 1 is 1.00 bits per heavy atom. The first-order chi connectivity index (χ1) is 13.0. The lowest BCUT2D eigenvalue weighted by Crippen LogP contribution is -2.02. The highest BCUT2D eigenvalue weighted by molar-refractivity contribution is 7.99. The number of rotatable bonds is 4. The fourth-order valence-corrected chi connectivity index (χ4v) is 3.72. The molecule has 0 saturated heterocycles. The van der Waals surface area contributed by atoms with Crippen LogP contribution < -0.4 is 0 Å². The molecule has 0 fully saturated rings. The topological polar surface area (TPSA) is 56.5 Å². The van der Waals surface area contributed by atoms with Gasteiger partial charge in [0, 0.05) is 29.2 Å². The van der Waals surface area contributed by atoms with Crippen LogP contribution in [0.2, 0.25) is 0 Å². The molecule has 0 N–H and O–H groups in total. The third-order valence-electron chi connectivity index (χ3n) is 4.21. The molecule has 4 rings (SSSR count). The van der Waals surface area contributed by atoms with Crippen LogP contribution in [0.3, 0.4) is 0 Å². The number of alkyl halides is 2. The van der Waals surface area contributed by atoms with Gasteiger partial charge in [0.2, 0.25) is 0 Å². The summed E-state index contributed by atoms with van der Waals surface area (Å²) in [6.45, 7) is 1.05. The first-order valence-corrected chi connectivity index (χ1v) is 9.05. The highest BCUT2D eigenvalue weighted by Crippen LogP contribution is 2.35. The van der Waals surface area contributed by atoms with Gasteiger partial charge in [-0.05, 0) is 49.9 Å². The van der Waals surface area contributed by atoms with Crippen molar-refractivity contribution < 1.29 is 8.78 Å². The molecule has 8 heteroatoms. The number of aromatic nitrogens is 5. The molecule has 0 atom stereocenters. The van der Waals surface area contributed by atoms with E-state index in [4.69, 9.17) is 0 Å². The van der Waals surface area contributed by atoms with Gasteiger partial charge in [-0.1, -0.05) is 12.1 Å². The summed E-state index contributed by atoms with van der Waals surface area (Å²) in [5, 5.41) is 0.795. The number of hydrogen-bond acceptors (Lipinski definition) is 5. The molecule has 4 aromatic rings. The Bertz CT molecular complexity index is 1110. The van der Waals surface area contributed by atoms with Crippen LogP contribution in [0.5, 0.6) is 0 Å². The molecule has 136 valence electrons. The van der Waals surface area contributed by atoms with E-state index in [1.807, 2.05) is 19.9 Å². The number of pyridine rings is 1. The zero-order valence-electron chi connectivity index (χ0n) is 14.6. The lowest BCUT2D eigenvalue weighted by molar-refractivity contribution is 0.0656. The smallest absolute Gasteiger partial charge is 0.264 e. The Kier molecular flexibility index (Phi) is 4.57. The summed E-state index contributed by atoms with van der Waals surface area (Å²) in [4.78, 5) is 17.6. The molecule has 0 bridgehead atoms. The van der Waals surface area contributed by atoms with E-state index in [0.717, 1.165) is 33.1 Å². The van der Waals surface area contributed by atoms with Gasteiger partial charge in [-0.25, -0.2) is 15.0 Å². The third kappa shape index (κ3) is 3.28. The van der Waals surface area contributed by atoms with Gasteiger partial charge in [-0.15, -0.1) is 0 Å². The molecule has 27 heavy (non-hydrogen) atoms. The minimum absolute atomic E-state index is 0.199. The molecule has 3 heterocycles. The van der Waals surface area contributed by atoms with Crippen molar-refractivity contribution in [3.05, 3.63) is 60.0 Å². The summed E-state index contributed by atoms with van der Waals surface area (Å²) in [6.07, 6.45) is 3.35. The Morgan fingerprint density at radius 2 is 1.81 bits per heavy atom. The number of halogens is 2. The zero-order valence-corrected chi connectivity index (χ0v) is 15.4. The van der Waals surface area contributed by atoms with E-state index in [9.17, 15) is 8.78 Å². The molecule has 0 amide bonds. The van der Waals surface area contributed by atoms with Gasteiger partial charge >= 0.3 is 6.55 Å². The van der Waals surface area contributed by atoms with E-state index < -0.39 is 6.55 Å². The normalized spacial score (nSPS) is 11.4. The molecule has 0 saturated carbocycles. The second-order valence-electron chi connectivity index (χ2n) is 5.94. The maximum Gasteiger partial charge on any atom is 0.321 e. The van der Waals surface area contributed by atoms with Gasteiger partial charge in [0.05, 0.1) is 11.0 Å². The number of nitrogens with zero attached hydrogens (tertiary/aromatic N) is 5. The van der Waals surface area contributed by atoms with Gasteiger partial charge < -0.3 is 0 Å². The minimum Gasteiger partial charge on any atom is -0.264 e. The molecule has 0 unspecified atom stereocenters. The van der Waals surface area contributed by atoms with Crippen molar-refractivity contribution in [2.45, 2.75) is 30.6 Å². The summed E-state index contributed by atoms with van der Waals surface area (Å²) in [5.41, 5.74) is 3.30.